The fourth-order valence-corrected chi connectivity index (χ4v) is 3.83. The molecule has 26 heavy (non-hydrogen) atoms. The predicted molar refractivity (Wildman–Crippen MR) is 103 cm³/mol. The highest BCUT2D eigenvalue weighted by molar-refractivity contribution is 7.98. The van der Waals surface area contributed by atoms with Crippen LogP contribution in [0.2, 0.25) is 0 Å². The van der Waals surface area contributed by atoms with Gasteiger partial charge in [0.2, 0.25) is 6.41 Å². The summed E-state index contributed by atoms with van der Waals surface area (Å²) in [7, 11) is 0. The van der Waals surface area contributed by atoms with Crippen molar-refractivity contribution in [3.8, 4) is 11.1 Å². The maximum absolute atomic E-state index is 11.3. The number of fused-ring (bicyclic) bond motifs is 3. The molecule has 5 nitrogen and oxygen atoms in total. The second-order valence-electron chi connectivity index (χ2n) is 6.25. The zero-order valence-corrected chi connectivity index (χ0v) is 15.4. The summed E-state index contributed by atoms with van der Waals surface area (Å²) in [5, 5.41) is 22.0. The number of rotatable bonds is 9. The Bertz CT molecular complexity index is 721. The van der Waals surface area contributed by atoms with Crippen LogP contribution >= 0.6 is 11.8 Å². The van der Waals surface area contributed by atoms with Crippen LogP contribution in [0.15, 0.2) is 48.5 Å². The van der Waals surface area contributed by atoms with Gasteiger partial charge in [-0.15, -0.1) is 0 Å². The second-order valence-corrected chi connectivity index (χ2v) is 7.24. The smallest absolute Gasteiger partial charge is 0.320 e. The lowest BCUT2D eigenvalue weighted by Crippen LogP contribution is -2.45. The molecule has 1 aliphatic rings. The number of aliphatic hydroxyl groups is 1. The highest BCUT2D eigenvalue weighted by Gasteiger charge is 2.29. The Morgan fingerprint density at radius 3 is 2.27 bits per heavy atom. The Morgan fingerprint density at radius 2 is 1.73 bits per heavy atom. The Kier molecular flexibility index (Phi) is 6.32. The van der Waals surface area contributed by atoms with E-state index < -0.39 is 18.4 Å². The van der Waals surface area contributed by atoms with E-state index in [1.54, 1.807) is 11.8 Å². The first-order valence-electron chi connectivity index (χ1n) is 8.57. The molecule has 0 radical (unpaired) electrons. The molecule has 1 aliphatic carbocycles. The molecule has 2 aromatic carbocycles. The van der Waals surface area contributed by atoms with Crippen molar-refractivity contribution in [2.45, 2.75) is 24.8 Å². The van der Waals surface area contributed by atoms with Gasteiger partial charge in [0, 0.05) is 5.92 Å². The molecule has 0 aromatic heterocycles. The predicted octanol–water partition coefficient (Wildman–Crippen LogP) is 2.89. The van der Waals surface area contributed by atoms with Crippen LogP contribution in [0.5, 0.6) is 0 Å². The molecular formula is C20H23NO4S. The van der Waals surface area contributed by atoms with Crippen molar-refractivity contribution < 1.29 is 19.7 Å². The average molecular weight is 373 g/mol. The molecule has 6 heteroatoms. The molecule has 0 saturated heterocycles. The molecule has 0 aliphatic heterocycles. The molecule has 3 rings (SSSR count). The van der Waals surface area contributed by atoms with E-state index in [0.717, 1.165) is 11.1 Å². The van der Waals surface area contributed by atoms with Crippen LogP contribution in [0.4, 0.5) is 0 Å². The number of hydrogen-bond acceptors (Lipinski definition) is 5. The van der Waals surface area contributed by atoms with Crippen LogP contribution in [0.25, 0.3) is 11.1 Å². The minimum Gasteiger partial charge on any atom is -0.480 e. The standard InChI is InChI=1S/C20H23NO4S/c1-26-11-10-18(19(22)23)21-20(24)25-12-17-15-8-4-2-6-13(15)14-7-3-5-9-16(14)17/h2-9,17-18,20-21,24H,10-12H2,1H3,(H,22,23)/t18-,20?/m0/s1. The van der Waals surface area contributed by atoms with E-state index in [4.69, 9.17) is 4.74 Å². The Morgan fingerprint density at radius 1 is 1.15 bits per heavy atom. The number of thioether (sulfide) groups is 1. The van der Waals surface area contributed by atoms with Crippen LogP contribution in [-0.2, 0) is 9.53 Å². The van der Waals surface area contributed by atoms with Gasteiger partial charge in [0.15, 0.2) is 0 Å². The quantitative estimate of drug-likeness (QED) is 0.587. The Hall–Kier alpha value is -1.86. The molecule has 0 amide bonds. The molecule has 0 heterocycles. The summed E-state index contributed by atoms with van der Waals surface area (Å²) in [5.74, 6) is -0.272. The van der Waals surface area contributed by atoms with Gasteiger partial charge < -0.3 is 14.9 Å². The van der Waals surface area contributed by atoms with Crippen molar-refractivity contribution in [3.63, 3.8) is 0 Å². The third-order valence-electron chi connectivity index (χ3n) is 4.64. The van der Waals surface area contributed by atoms with Gasteiger partial charge in [-0.2, -0.15) is 11.8 Å². The topological polar surface area (TPSA) is 78.8 Å². The molecule has 0 saturated carbocycles. The minimum atomic E-state index is -1.32. The number of ether oxygens (including phenoxy) is 1. The zero-order valence-electron chi connectivity index (χ0n) is 14.6. The van der Waals surface area contributed by atoms with Crippen LogP contribution in [0, 0.1) is 0 Å². The molecule has 0 spiro atoms. The van der Waals surface area contributed by atoms with Gasteiger partial charge in [0.05, 0.1) is 6.61 Å². The summed E-state index contributed by atoms with van der Waals surface area (Å²) in [6, 6.07) is 15.5. The summed E-state index contributed by atoms with van der Waals surface area (Å²) in [6.45, 7) is 0.275. The summed E-state index contributed by atoms with van der Waals surface area (Å²) in [4.78, 5) is 11.3. The Balaban J connectivity index is 1.67. The van der Waals surface area contributed by atoms with Crippen LogP contribution in [-0.4, -0.2) is 47.3 Å². The normalized spacial score (nSPS) is 15.3. The van der Waals surface area contributed by atoms with Gasteiger partial charge in [0.25, 0.3) is 0 Å². The van der Waals surface area contributed by atoms with Gasteiger partial charge >= 0.3 is 5.97 Å². The molecule has 2 atom stereocenters. The number of nitrogens with one attached hydrogen (secondary N) is 1. The summed E-state index contributed by atoms with van der Waals surface area (Å²) >= 11 is 1.57. The maximum Gasteiger partial charge on any atom is 0.320 e. The molecule has 138 valence electrons. The van der Waals surface area contributed by atoms with E-state index in [0.29, 0.717) is 12.2 Å². The third kappa shape index (κ3) is 4.10. The summed E-state index contributed by atoms with van der Waals surface area (Å²) < 4.78 is 5.57. The lowest BCUT2D eigenvalue weighted by atomic mass is 9.98. The van der Waals surface area contributed by atoms with Crippen molar-refractivity contribution in [1.82, 2.24) is 5.32 Å². The van der Waals surface area contributed by atoms with E-state index in [-0.39, 0.29) is 12.5 Å². The van der Waals surface area contributed by atoms with Gasteiger partial charge in [-0.1, -0.05) is 48.5 Å². The summed E-state index contributed by atoms with van der Waals surface area (Å²) in [6.07, 6.45) is 1.02. The van der Waals surface area contributed by atoms with E-state index in [1.807, 2.05) is 30.5 Å². The van der Waals surface area contributed by atoms with Crippen LogP contribution < -0.4 is 5.32 Å². The molecule has 3 N–H and O–H groups in total. The fraction of sp³-hybridized carbons (Fsp3) is 0.350. The van der Waals surface area contributed by atoms with Crippen LogP contribution in [0.1, 0.15) is 23.5 Å². The van der Waals surface area contributed by atoms with E-state index >= 15 is 0 Å². The van der Waals surface area contributed by atoms with Crippen molar-refractivity contribution in [2.75, 3.05) is 18.6 Å². The van der Waals surface area contributed by atoms with Crippen molar-refractivity contribution in [3.05, 3.63) is 59.7 Å². The SMILES string of the molecule is CSCC[C@H](NC(O)OCC1c2ccccc2-c2ccccc21)C(=O)O. The van der Waals surface area contributed by atoms with Crippen molar-refractivity contribution in [1.29, 1.82) is 0 Å². The number of aliphatic hydroxyl groups excluding tert-OH is 1. The maximum atomic E-state index is 11.3. The largest absolute Gasteiger partial charge is 0.480 e. The zero-order chi connectivity index (χ0) is 18.5. The molecular weight excluding hydrogens is 350 g/mol. The molecule has 2 aromatic rings. The third-order valence-corrected chi connectivity index (χ3v) is 5.28. The first-order valence-corrected chi connectivity index (χ1v) is 9.97. The highest BCUT2D eigenvalue weighted by Crippen LogP contribution is 2.44. The van der Waals surface area contributed by atoms with E-state index in [2.05, 4.69) is 29.6 Å². The van der Waals surface area contributed by atoms with Gasteiger partial charge in [-0.3, -0.25) is 10.1 Å². The number of carbonyl (C=O) groups is 1. The van der Waals surface area contributed by atoms with Crippen LogP contribution in [0.3, 0.4) is 0 Å². The number of hydrogen-bond donors (Lipinski definition) is 3. The fourth-order valence-electron chi connectivity index (χ4n) is 3.36. The molecule has 1 unspecified atom stereocenters. The first-order chi connectivity index (χ1) is 12.6. The number of benzene rings is 2. The lowest BCUT2D eigenvalue weighted by molar-refractivity contribution is -0.152. The Labute approximate surface area is 157 Å². The second kappa shape index (κ2) is 8.68. The van der Waals surface area contributed by atoms with Gasteiger partial charge in [0.1, 0.15) is 6.04 Å². The highest BCUT2D eigenvalue weighted by atomic mass is 32.2. The average Bonchev–Trinajstić information content (AvgIpc) is 2.97. The first kappa shape index (κ1) is 18.9. The van der Waals surface area contributed by atoms with Crippen molar-refractivity contribution in [2.24, 2.45) is 0 Å². The number of carboxylic acid groups (broad SMARTS) is 1. The van der Waals surface area contributed by atoms with E-state index in [9.17, 15) is 15.0 Å². The minimum absolute atomic E-state index is 0.0216. The summed E-state index contributed by atoms with van der Waals surface area (Å²) in [5.41, 5.74) is 4.70. The van der Waals surface area contributed by atoms with Crippen molar-refractivity contribution >= 4 is 17.7 Å². The number of aliphatic carboxylic acids is 1. The molecule has 0 fully saturated rings. The van der Waals surface area contributed by atoms with Gasteiger partial charge in [-0.05, 0) is 40.7 Å². The van der Waals surface area contributed by atoms with E-state index in [1.165, 1.54) is 11.1 Å². The lowest BCUT2D eigenvalue weighted by Gasteiger charge is -2.21. The van der Waals surface area contributed by atoms with Gasteiger partial charge in [-0.25, -0.2) is 0 Å². The monoisotopic (exact) mass is 373 g/mol. The molecule has 0 bridgehead atoms. The number of carboxylic acids is 1.